The summed E-state index contributed by atoms with van der Waals surface area (Å²) in [6.45, 7) is 0. The van der Waals surface area contributed by atoms with Crippen LogP contribution in [0.2, 0.25) is 0 Å². The van der Waals surface area contributed by atoms with Gasteiger partial charge in [0.15, 0.2) is 0 Å². The first-order chi connectivity index (χ1) is 8.44. The number of aromatic nitrogens is 1. The first-order valence-corrected chi connectivity index (χ1v) is 5.42. The maximum absolute atomic E-state index is 13.3. The van der Waals surface area contributed by atoms with Crippen LogP contribution in [0.1, 0.15) is 16.1 Å². The summed E-state index contributed by atoms with van der Waals surface area (Å²) in [4.78, 5) is 13.3. The highest BCUT2D eigenvalue weighted by Crippen LogP contribution is 2.34. The highest BCUT2D eigenvalue weighted by molar-refractivity contribution is 7.17. The molecule has 2 N–H and O–H groups in total. The summed E-state index contributed by atoms with van der Waals surface area (Å²) in [6, 6.07) is 4.67. The quantitative estimate of drug-likeness (QED) is 0.838. The molecule has 0 atom stereocenters. The van der Waals surface area contributed by atoms with E-state index in [2.05, 4.69) is 9.51 Å². The maximum Gasteiger partial charge on any atom is 0.393 e. The molecule has 0 unspecified atom stereocenters. The third-order valence-corrected chi connectivity index (χ3v) is 2.64. The highest BCUT2D eigenvalue weighted by Gasteiger charge is 2.34. The largest absolute Gasteiger partial charge is 0.477 e. The normalized spacial score (nSPS) is 12.1. The molecule has 0 aliphatic rings. The van der Waals surface area contributed by atoms with Crippen LogP contribution < -0.4 is 0 Å². The molecule has 0 fully saturated rings. The number of hydrogen-bond donors (Lipinski definition) is 2. The molecule has 0 saturated heterocycles. The molecule has 2 aromatic rings. The second-order valence-corrected chi connectivity index (χ2v) is 3.80. The fourth-order valence-electron chi connectivity index (χ4n) is 1.53. The Labute approximate surface area is 101 Å². The summed E-state index contributed by atoms with van der Waals surface area (Å²) < 4.78 is 40.4. The van der Waals surface area contributed by atoms with E-state index in [0.29, 0.717) is 10.9 Å². The first kappa shape index (κ1) is 12.6. The van der Waals surface area contributed by atoms with Crippen molar-refractivity contribution in [2.45, 2.75) is 6.11 Å². The fourth-order valence-corrected chi connectivity index (χ4v) is 1.73. The Hall–Kier alpha value is -1.85. The number of fused-ring (bicyclic) bond motifs is 1. The molecule has 18 heavy (non-hydrogen) atoms. The number of rotatable bonds is 4. The Bertz CT molecular complexity index is 625. The van der Waals surface area contributed by atoms with Crippen molar-refractivity contribution >= 4 is 25.6 Å². The number of aromatic amines is 1. The molecular formula is C10H6F2NO4P. The van der Waals surface area contributed by atoms with Gasteiger partial charge in [-0.15, -0.1) is 0 Å². The Balaban J connectivity index is 2.50. The van der Waals surface area contributed by atoms with Gasteiger partial charge < -0.3 is 10.1 Å². The van der Waals surface area contributed by atoms with Crippen molar-refractivity contribution in [2.75, 3.05) is 0 Å². The third kappa shape index (κ3) is 2.23. The maximum atomic E-state index is 13.3. The van der Waals surface area contributed by atoms with Crippen LogP contribution in [-0.2, 0) is 15.2 Å². The van der Waals surface area contributed by atoms with E-state index in [9.17, 15) is 18.1 Å². The molecule has 1 aromatic carbocycles. The monoisotopic (exact) mass is 273 g/mol. The van der Waals surface area contributed by atoms with E-state index in [-0.39, 0.29) is 5.69 Å². The Morgan fingerprint density at radius 2 is 2.11 bits per heavy atom. The van der Waals surface area contributed by atoms with E-state index >= 15 is 0 Å². The average Bonchev–Trinajstić information content (AvgIpc) is 2.71. The van der Waals surface area contributed by atoms with Gasteiger partial charge in [0, 0.05) is 10.9 Å². The molecule has 2 rings (SSSR count). The van der Waals surface area contributed by atoms with Crippen molar-refractivity contribution in [3.63, 3.8) is 0 Å². The summed E-state index contributed by atoms with van der Waals surface area (Å²) in [5.74, 6) is -1.19. The van der Waals surface area contributed by atoms with Crippen LogP contribution in [0.5, 0.6) is 0 Å². The van der Waals surface area contributed by atoms with E-state index in [1.165, 1.54) is 12.1 Å². The van der Waals surface area contributed by atoms with Gasteiger partial charge in [-0.2, -0.15) is 8.78 Å². The number of alkyl halides is 2. The second kappa shape index (κ2) is 4.44. The lowest BCUT2D eigenvalue weighted by Crippen LogP contribution is -2.12. The highest BCUT2D eigenvalue weighted by atomic mass is 31.1. The van der Waals surface area contributed by atoms with Crippen molar-refractivity contribution in [3.05, 3.63) is 35.5 Å². The molecule has 8 heteroatoms. The van der Waals surface area contributed by atoms with E-state index < -0.39 is 26.3 Å². The lowest BCUT2D eigenvalue weighted by atomic mass is 10.1. The van der Waals surface area contributed by atoms with Crippen molar-refractivity contribution in [1.82, 2.24) is 4.98 Å². The summed E-state index contributed by atoms with van der Waals surface area (Å²) in [5, 5.41) is 9.05. The van der Waals surface area contributed by atoms with Crippen LogP contribution in [-0.4, -0.2) is 16.1 Å². The molecule has 1 heterocycles. The summed E-state index contributed by atoms with van der Waals surface area (Å²) >= 11 is 0. The molecule has 0 aliphatic carbocycles. The van der Waals surface area contributed by atoms with Crippen molar-refractivity contribution in [2.24, 2.45) is 0 Å². The van der Waals surface area contributed by atoms with Crippen LogP contribution >= 0.6 is 8.69 Å². The minimum atomic E-state index is -3.70. The molecule has 0 aliphatic heterocycles. The number of carboxylic acid groups (broad SMARTS) is 1. The van der Waals surface area contributed by atoms with Gasteiger partial charge in [-0.1, -0.05) is 0 Å². The molecule has 5 nitrogen and oxygen atoms in total. The Morgan fingerprint density at radius 3 is 2.72 bits per heavy atom. The zero-order chi connectivity index (χ0) is 13.3. The molecule has 0 spiro atoms. The first-order valence-electron chi connectivity index (χ1n) is 4.69. The van der Waals surface area contributed by atoms with Crippen LogP contribution in [0.3, 0.4) is 0 Å². The van der Waals surface area contributed by atoms with Gasteiger partial charge in [0.05, 0.1) is 5.56 Å². The van der Waals surface area contributed by atoms with Crippen molar-refractivity contribution in [3.8, 4) is 0 Å². The van der Waals surface area contributed by atoms with Gasteiger partial charge in [-0.3, -0.25) is 0 Å². The van der Waals surface area contributed by atoms with Crippen molar-refractivity contribution in [1.29, 1.82) is 0 Å². The third-order valence-electron chi connectivity index (χ3n) is 2.34. The molecule has 94 valence electrons. The number of nitrogens with one attached hydrogen (secondary N) is 1. The number of carboxylic acids is 1. The number of benzene rings is 1. The molecule has 0 bridgehead atoms. The summed E-state index contributed by atoms with van der Waals surface area (Å²) in [7, 11) is -1.14. The van der Waals surface area contributed by atoms with Gasteiger partial charge >= 0.3 is 20.8 Å². The summed E-state index contributed by atoms with van der Waals surface area (Å²) in [5.41, 5.74) is -0.200. The molecule has 0 saturated carbocycles. The fraction of sp³-hybridized carbons (Fsp3) is 0.100. The predicted octanol–water partition coefficient (Wildman–Crippen LogP) is 3.14. The number of carbonyl (C=O) groups is 1. The van der Waals surface area contributed by atoms with Crippen LogP contribution in [0.25, 0.3) is 10.9 Å². The number of H-pyrrole nitrogens is 1. The van der Waals surface area contributed by atoms with E-state index in [1.807, 2.05) is 0 Å². The molecule has 0 radical (unpaired) electrons. The van der Waals surface area contributed by atoms with Gasteiger partial charge in [-0.25, -0.2) is 13.9 Å². The van der Waals surface area contributed by atoms with E-state index in [1.54, 1.807) is 0 Å². The average molecular weight is 273 g/mol. The smallest absolute Gasteiger partial charge is 0.393 e. The second-order valence-electron chi connectivity index (χ2n) is 3.47. The molecular weight excluding hydrogens is 267 g/mol. The van der Waals surface area contributed by atoms with E-state index in [4.69, 9.17) is 5.11 Å². The molecule has 1 aromatic heterocycles. The lowest BCUT2D eigenvalue weighted by Gasteiger charge is -2.11. The van der Waals surface area contributed by atoms with Crippen LogP contribution in [0, 0.1) is 0 Å². The zero-order valence-corrected chi connectivity index (χ0v) is 9.58. The number of hydrogen-bond acceptors (Lipinski definition) is 3. The zero-order valence-electron chi connectivity index (χ0n) is 8.68. The number of aromatic carboxylic acids is 1. The minimum absolute atomic E-state index is 0.103. The topological polar surface area (TPSA) is 79.4 Å². The summed E-state index contributed by atoms with van der Waals surface area (Å²) in [6.07, 6.45) is -3.70. The van der Waals surface area contributed by atoms with Crippen LogP contribution in [0.4, 0.5) is 8.78 Å². The minimum Gasteiger partial charge on any atom is -0.477 e. The lowest BCUT2D eigenvalue weighted by molar-refractivity contribution is -0.178. The Kier molecular flexibility index (Phi) is 3.11. The van der Waals surface area contributed by atoms with Gasteiger partial charge in [0.1, 0.15) is 5.69 Å². The van der Waals surface area contributed by atoms with Gasteiger partial charge in [-0.05, 0) is 24.3 Å². The number of halogens is 2. The predicted molar refractivity (Wildman–Crippen MR) is 57.8 cm³/mol. The van der Waals surface area contributed by atoms with Crippen molar-refractivity contribution < 1.29 is 27.8 Å². The van der Waals surface area contributed by atoms with Crippen LogP contribution in [0.15, 0.2) is 24.3 Å². The standard InChI is InChI=1S/C10H6F2NO4P/c11-10(12,17-18-16)6-1-2-7-5(3-6)4-8(13-7)9(14)15/h1-4,13H,(H,14,15). The molecule has 0 amide bonds. The SMILES string of the molecule is O=POC(F)(F)c1ccc2[nH]c(C(=O)O)cc2c1. The Morgan fingerprint density at radius 1 is 1.39 bits per heavy atom. The van der Waals surface area contributed by atoms with E-state index in [0.717, 1.165) is 12.1 Å². The van der Waals surface area contributed by atoms with Gasteiger partial charge in [0.25, 0.3) is 0 Å². The van der Waals surface area contributed by atoms with Gasteiger partial charge in [0.2, 0.25) is 0 Å².